The third-order valence-electron chi connectivity index (χ3n) is 4.86. The van der Waals surface area contributed by atoms with Crippen LogP contribution >= 0.6 is 11.8 Å². The van der Waals surface area contributed by atoms with Gasteiger partial charge >= 0.3 is 11.9 Å². The van der Waals surface area contributed by atoms with Crippen LogP contribution in [-0.2, 0) is 9.59 Å². The van der Waals surface area contributed by atoms with Crippen LogP contribution in [0, 0.1) is 0 Å². The molecule has 0 saturated heterocycles. The zero-order valence-electron chi connectivity index (χ0n) is 17.3. The molecule has 0 unspecified atom stereocenters. The van der Waals surface area contributed by atoms with Crippen molar-refractivity contribution in [3.8, 4) is 0 Å². The van der Waals surface area contributed by atoms with Gasteiger partial charge in [-0.1, -0.05) is 77.0 Å². The van der Waals surface area contributed by atoms with Crippen LogP contribution in [0.15, 0.2) is 0 Å². The number of unbranched alkanes of at least 4 members (excludes halogenated alkanes) is 14. The van der Waals surface area contributed by atoms with E-state index in [1.807, 2.05) is 0 Å². The van der Waals surface area contributed by atoms with E-state index in [1.54, 1.807) is 0 Å². The molecule has 0 aromatic heterocycles. The maximum Gasteiger partial charge on any atom is 0.303 e. The van der Waals surface area contributed by atoms with Crippen LogP contribution in [-0.4, -0.2) is 33.7 Å². The Morgan fingerprint density at radius 2 is 0.704 bits per heavy atom. The molecule has 0 fully saturated rings. The summed E-state index contributed by atoms with van der Waals surface area (Å²) in [7, 11) is 0. The van der Waals surface area contributed by atoms with E-state index in [1.165, 1.54) is 88.6 Å². The van der Waals surface area contributed by atoms with Crippen LogP contribution in [0.1, 0.15) is 116 Å². The highest BCUT2D eigenvalue weighted by molar-refractivity contribution is 7.99. The molecule has 0 heterocycles. The third-order valence-corrected chi connectivity index (χ3v) is 6.01. The standard InChI is InChI=1S/C22H42O4S/c23-21(24)17-13-9-5-1-3-7-11-15-19-27-20-16-12-8-4-2-6-10-14-18-22(25)26/h1-20H2,(H,23,24)(H,25,26). The van der Waals surface area contributed by atoms with Gasteiger partial charge in [-0.15, -0.1) is 0 Å². The van der Waals surface area contributed by atoms with Crippen LogP contribution in [0.2, 0.25) is 0 Å². The van der Waals surface area contributed by atoms with Crippen molar-refractivity contribution in [3.05, 3.63) is 0 Å². The summed E-state index contributed by atoms with van der Waals surface area (Å²) in [5.41, 5.74) is 0. The fraction of sp³-hybridized carbons (Fsp3) is 0.909. The van der Waals surface area contributed by atoms with Crippen molar-refractivity contribution in [3.63, 3.8) is 0 Å². The second-order valence-electron chi connectivity index (χ2n) is 7.56. The Balaban J connectivity index is 3.01. The van der Waals surface area contributed by atoms with Gasteiger partial charge in [-0.3, -0.25) is 9.59 Å². The molecule has 4 nitrogen and oxygen atoms in total. The number of carboxylic acids is 2. The Morgan fingerprint density at radius 3 is 1.00 bits per heavy atom. The Kier molecular flexibility index (Phi) is 21.0. The minimum atomic E-state index is -0.669. The molecule has 0 aromatic rings. The normalized spacial score (nSPS) is 11.0. The maximum atomic E-state index is 10.4. The lowest BCUT2D eigenvalue weighted by molar-refractivity contribution is -0.138. The molecule has 0 saturated carbocycles. The topological polar surface area (TPSA) is 74.6 Å². The summed E-state index contributed by atoms with van der Waals surface area (Å²) in [5, 5.41) is 17.1. The van der Waals surface area contributed by atoms with Crippen LogP contribution in [0.25, 0.3) is 0 Å². The van der Waals surface area contributed by atoms with Gasteiger partial charge in [0.15, 0.2) is 0 Å². The van der Waals surface area contributed by atoms with E-state index in [9.17, 15) is 9.59 Å². The van der Waals surface area contributed by atoms with E-state index >= 15 is 0 Å². The maximum absolute atomic E-state index is 10.4. The monoisotopic (exact) mass is 402 g/mol. The lowest BCUT2D eigenvalue weighted by Crippen LogP contribution is -1.93. The van der Waals surface area contributed by atoms with Gasteiger partial charge in [0.25, 0.3) is 0 Å². The predicted octanol–water partition coefficient (Wildman–Crippen LogP) is 6.91. The third kappa shape index (κ3) is 25.3. The number of hydrogen-bond donors (Lipinski definition) is 2. The first kappa shape index (κ1) is 26.3. The molecule has 0 bridgehead atoms. The molecule has 0 atom stereocenters. The summed E-state index contributed by atoms with van der Waals surface area (Å²) in [4.78, 5) is 20.8. The lowest BCUT2D eigenvalue weighted by atomic mass is 10.1. The number of carboxylic acid groups (broad SMARTS) is 2. The molecule has 2 N–H and O–H groups in total. The first-order valence-corrected chi connectivity index (χ1v) is 12.3. The molecule has 0 aliphatic rings. The molecule has 5 heteroatoms. The van der Waals surface area contributed by atoms with Crippen LogP contribution < -0.4 is 0 Å². The molecule has 27 heavy (non-hydrogen) atoms. The molecular weight excluding hydrogens is 360 g/mol. The van der Waals surface area contributed by atoms with Gasteiger partial charge in [0.2, 0.25) is 0 Å². The van der Waals surface area contributed by atoms with Crippen molar-refractivity contribution in [2.24, 2.45) is 0 Å². The molecule has 0 rings (SSSR count). The number of thioether (sulfide) groups is 1. The van der Waals surface area contributed by atoms with Crippen molar-refractivity contribution < 1.29 is 19.8 Å². The largest absolute Gasteiger partial charge is 0.481 e. The number of rotatable bonds is 22. The lowest BCUT2D eigenvalue weighted by Gasteiger charge is -2.04. The highest BCUT2D eigenvalue weighted by atomic mass is 32.2. The average molecular weight is 403 g/mol. The van der Waals surface area contributed by atoms with Crippen LogP contribution in [0.3, 0.4) is 0 Å². The molecule has 0 aromatic carbocycles. The van der Waals surface area contributed by atoms with Crippen molar-refractivity contribution in [1.29, 1.82) is 0 Å². The Labute approximate surface area is 170 Å². The van der Waals surface area contributed by atoms with Crippen molar-refractivity contribution >= 4 is 23.7 Å². The van der Waals surface area contributed by atoms with Gasteiger partial charge in [-0.2, -0.15) is 11.8 Å². The molecular formula is C22H42O4S. The van der Waals surface area contributed by atoms with Gasteiger partial charge in [-0.05, 0) is 37.2 Å². The van der Waals surface area contributed by atoms with Gasteiger partial charge < -0.3 is 10.2 Å². The van der Waals surface area contributed by atoms with Gasteiger partial charge in [0.05, 0.1) is 0 Å². The first-order valence-electron chi connectivity index (χ1n) is 11.1. The Morgan fingerprint density at radius 1 is 0.444 bits per heavy atom. The van der Waals surface area contributed by atoms with Gasteiger partial charge in [0, 0.05) is 12.8 Å². The smallest absolute Gasteiger partial charge is 0.303 e. The zero-order valence-corrected chi connectivity index (χ0v) is 18.1. The molecule has 0 amide bonds. The first-order chi connectivity index (χ1) is 13.1. The fourth-order valence-corrected chi connectivity index (χ4v) is 4.20. The SMILES string of the molecule is O=C(O)CCCCCCCCCCSCCCCCCCCCCC(=O)O. The molecule has 0 aliphatic heterocycles. The van der Waals surface area contributed by atoms with E-state index in [2.05, 4.69) is 11.8 Å². The van der Waals surface area contributed by atoms with E-state index in [0.717, 1.165) is 25.7 Å². The predicted molar refractivity (Wildman–Crippen MR) is 116 cm³/mol. The van der Waals surface area contributed by atoms with E-state index < -0.39 is 11.9 Å². The van der Waals surface area contributed by atoms with E-state index in [-0.39, 0.29) is 0 Å². The van der Waals surface area contributed by atoms with Gasteiger partial charge in [0.1, 0.15) is 0 Å². The fourth-order valence-electron chi connectivity index (χ4n) is 3.18. The molecule has 160 valence electrons. The van der Waals surface area contributed by atoms with Gasteiger partial charge in [-0.25, -0.2) is 0 Å². The van der Waals surface area contributed by atoms with Crippen molar-refractivity contribution in [1.82, 2.24) is 0 Å². The molecule has 0 aliphatic carbocycles. The summed E-state index contributed by atoms with van der Waals surface area (Å²) in [6, 6.07) is 0. The number of carbonyl (C=O) groups is 2. The number of hydrogen-bond acceptors (Lipinski definition) is 3. The van der Waals surface area contributed by atoms with Crippen molar-refractivity contribution in [2.45, 2.75) is 116 Å². The summed E-state index contributed by atoms with van der Waals surface area (Å²) in [5.74, 6) is 1.25. The highest BCUT2D eigenvalue weighted by Gasteiger charge is 1.98. The Hall–Kier alpha value is -0.710. The second kappa shape index (κ2) is 21.6. The summed E-state index contributed by atoms with van der Waals surface area (Å²) < 4.78 is 0. The summed E-state index contributed by atoms with van der Waals surface area (Å²) in [6.45, 7) is 0. The summed E-state index contributed by atoms with van der Waals surface area (Å²) >= 11 is 2.10. The van der Waals surface area contributed by atoms with E-state index in [4.69, 9.17) is 10.2 Å². The molecule has 0 spiro atoms. The van der Waals surface area contributed by atoms with Crippen LogP contribution in [0.4, 0.5) is 0 Å². The highest BCUT2D eigenvalue weighted by Crippen LogP contribution is 2.14. The number of aliphatic carboxylic acids is 2. The average Bonchev–Trinajstić information content (AvgIpc) is 2.62. The molecule has 0 radical (unpaired) electrons. The van der Waals surface area contributed by atoms with E-state index in [0.29, 0.717) is 12.8 Å². The zero-order chi connectivity index (χ0) is 20.0. The minimum absolute atomic E-state index is 0.325. The summed E-state index contributed by atoms with van der Waals surface area (Å²) in [6.07, 6.45) is 19.9. The second-order valence-corrected chi connectivity index (χ2v) is 8.78. The Bertz CT molecular complexity index is 315. The quantitative estimate of drug-likeness (QED) is 0.192. The van der Waals surface area contributed by atoms with Crippen LogP contribution in [0.5, 0.6) is 0 Å². The van der Waals surface area contributed by atoms with Crippen molar-refractivity contribution in [2.75, 3.05) is 11.5 Å². The minimum Gasteiger partial charge on any atom is -0.481 e.